The topological polar surface area (TPSA) is 22.0 Å². The van der Waals surface area contributed by atoms with Crippen molar-refractivity contribution in [3.8, 4) is 5.69 Å². The summed E-state index contributed by atoms with van der Waals surface area (Å²) in [7, 11) is 0. The first-order chi connectivity index (χ1) is 13.5. The van der Waals surface area contributed by atoms with Crippen molar-refractivity contribution in [3.63, 3.8) is 0 Å². The number of hydrogen-bond donors (Lipinski definition) is 0. The minimum Gasteiger partial charge on any atom is -0.277 e. The van der Waals surface area contributed by atoms with Crippen molar-refractivity contribution < 1.29 is 4.39 Å². The van der Waals surface area contributed by atoms with Gasteiger partial charge in [0.15, 0.2) is 0 Å². The van der Waals surface area contributed by atoms with E-state index in [0.29, 0.717) is 10.2 Å². The molecule has 0 spiro atoms. The van der Waals surface area contributed by atoms with Gasteiger partial charge in [-0.1, -0.05) is 30.3 Å². The van der Waals surface area contributed by atoms with E-state index >= 15 is 0 Å². The molecular formula is C23H17BrFNOS. The molecule has 0 aliphatic carbocycles. The average molecular weight is 454 g/mol. The van der Waals surface area contributed by atoms with Gasteiger partial charge in [0.05, 0.1) is 15.7 Å². The number of thioether (sulfide) groups is 1. The van der Waals surface area contributed by atoms with E-state index in [-0.39, 0.29) is 11.4 Å². The van der Waals surface area contributed by atoms with Crippen molar-refractivity contribution >= 4 is 38.6 Å². The fraction of sp³-hybridized carbons (Fsp3) is 0.0870. The third-order valence-corrected chi connectivity index (χ3v) is 6.27. The second-order valence-corrected chi connectivity index (χ2v) is 8.46. The summed E-state index contributed by atoms with van der Waals surface area (Å²) in [5.74, 6) is 0.489. The molecule has 28 heavy (non-hydrogen) atoms. The van der Waals surface area contributed by atoms with Gasteiger partial charge in [0, 0.05) is 16.7 Å². The minimum absolute atomic E-state index is 0.179. The zero-order valence-electron chi connectivity index (χ0n) is 15.2. The first-order valence-electron chi connectivity index (χ1n) is 8.81. The van der Waals surface area contributed by atoms with Crippen LogP contribution in [-0.4, -0.2) is 4.57 Å². The maximum Gasteiger partial charge on any atom is 0.255 e. The predicted octanol–water partition coefficient (Wildman–Crippen LogP) is 6.49. The molecule has 3 aromatic carbocycles. The van der Waals surface area contributed by atoms with Crippen molar-refractivity contribution in [2.45, 2.75) is 17.6 Å². The molecule has 0 fully saturated rings. The molecule has 4 aromatic rings. The van der Waals surface area contributed by atoms with Crippen LogP contribution in [0.2, 0.25) is 0 Å². The maximum absolute atomic E-state index is 14.1. The van der Waals surface area contributed by atoms with Crippen LogP contribution in [0.5, 0.6) is 0 Å². The zero-order valence-corrected chi connectivity index (χ0v) is 17.6. The Kier molecular flexibility index (Phi) is 5.38. The highest BCUT2D eigenvalue weighted by atomic mass is 79.9. The molecule has 0 unspecified atom stereocenters. The summed E-state index contributed by atoms with van der Waals surface area (Å²) in [5, 5.41) is 0.945. The predicted molar refractivity (Wildman–Crippen MR) is 118 cm³/mol. The fourth-order valence-corrected chi connectivity index (χ4v) is 4.54. The summed E-state index contributed by atoms with van der Waals surface area (Å²) >= 11 is 4.95. The van der Waals surface area contributed by atoms with Gasteiger partial charge in [0.25, 0.3) is 5.56 Å². The highest BCUT2D eigenvalue weighted by molar-refractivity contribution is 9.10. The summed E-state index contributed by atoms with van der Waals surface area (Å²) in [4.78, 5) is 13.7. The summed E-state index contributed by atoms with van der Waals surface area (Å²) in [6.45, 7) is 1.87. The number of hydrogen-bond acceptors (Lipinski definition) is 2. The molecule has 0 bridgehead atoms. The van der Waals surface area contributed by atoms with Crippen LogP contribution in [0, 0.1) is 12.7 Å². The number of nitrogens with zero attached hydrogens (tertiary/aromatic N) is 1. The van der Waals surface area contributed by atoms with Gasteiger partial charge in [0.1, 0.15) is 5.82 Å². The van der Waals surface area contributed by atoms with Gasteiger partial charge in [0.2, 0.25) is 0 Å². The van der Waals surface area contributed by atoms with Gasteiger partial charge in [-0.25, -0.2) is 4.39 Å². The van der Waals surface area contributed by atoms with Gasteiger partial charge in [-0.2, -0.15) is 0 Å². The summed E-state index contributed by atoms with van der Waals surface area (Å²) in [6.07, 6.45) is 0. The lowest BCUT2D eigenvalue weighted by molar-refractivity contribution is 0.619. The van der Waals surface area contributed by atoms with Gasteiger partial charge in [-0.3, -0.25) is 9.36 Å². The first-order valence-corrected chi connectivity index (χ1v) is 10.6. The highest BCUT2D eigenvalue weighted by Crippen LogP contribution is 2.29. The zero-order chi connectivity index (χ0) is 19.7. The van der Waals surface area contributed by atoms with Crippen molar-refractivity contribution in [2.24, 2.45) is 0 Å². The van der Waals surface area contributed by atoms with Crippen LogP contribution in [0.3, 0.4) is 0 Å². The summed E-state index contributed by atoms with van der Waals surface area (Å²) < 4.78 is 16.1. The number of fused-ring (bicyclic) bond motifs is 1. The molecule has 0 saturated carbocycles. The quantitative estimate of drug-likeness (QED) is 0.329. The SMILES string of the molecule is Cc1cc(Br)c(F)cc1-n1c(=O)ccc2cc(SCc3ccccc3)ccc21. The Morgan fingerprint density at radius 2 is 1.79 bits per heavy atom. The second kappa shape index (κ2) is 7.94. The Labute approximate surface area is 175 Å². The molecule has 0 amide bonds. The number of aryl methyl sites for hydroxylation is 1. The first kappa shape index (κ1) is 19.0. The third-order valence-electron chi connectivity index (χ3n) is 4.59. The third kappa shape index (κ3) is 3.77. The molecule has 1 aromatic heterocycles. The molecule has 2 nitrogen and oxygen atoms in total. The maximum atomic E-state index is 14.1. The molecular weight excluding hydrogens is 437 g/mol. The largest absolute Gasteiger partial charge is 0.277 e. The lowest BCUT2D eigenvalue weighted by Gasteiger charge is -2.14. The monoisotopic (exact) mass is 453 g/mol. The summed E-state index contributed by atoms with van der Waals surface area (Å²) in [6, 6.07) is 22.8. The highest BCUT2D eigenvalue weighted by Gasteiger charge is 2.12. The molecule has 0 radical (unpaired) electrons. The van der Waals surface area contributed by atoms with Crippen LogP contribution in [-0.2, 0) is 5.75 Å². The molecule has 0 aliphatic heterocycles. The van der Waals surface area contributed by atoms with Gasteiger partial charge < -0.3 is 0 Å². The van der Waals surface area contributed by atoms with E-state index in [2.05, 4.69) is 34.1 Å². The Bertz CT molecular complexity index is 1220. The van der Waals surface area contributed by atoms with E-state index in [1.165, 1.54) is 17.7 Å². The van der Waals surface area contributed by atoms with Crippen LogP contribution in [0.15, 0.2) is 87.0 Å². The van der Waals surface area contributed by atoms with Crippen LogP contribution < -0.4 is 5.56 Å². The number of benzene rings is 3. The van der Waals surface area contributed by atoms with E-state index in [0.717, 1.165) is 27.1 Å². The molecule has 4 rings (SSSR count). The Balaban J connectivity index is 1.76. The van der Waals surface area contributed by atoms with Crippen LogP contribution in [0.1, 0.15) is 11.1 Å². The van der Waals surface area contributed by atoms with Crippen molar-refractivity contribution in [1.82, 2.24) is 4.57 Å². The van der Waals surface area contributed by atoms with Gasteiger partial charge in [-0.05, 0) is 75.8 Å². The molecule has 0 N–H and O–H groups in total. The molecule has 1 heterocycles. The van der Waals surface area contributed by atoms with Crippen molar-refractivity contribution in [2.75, 3.05) is 0 Å². The molecule has 0 atom stereocenters. The van der Waals surface area contributed by atoms with Gasteiger partial charge >= 0.3 is 0 Å². The number of halogens is 2. The lowest BCUT2D eigenvalue weighted by atomic mass is 10.1. The Hall–Kier alpha value is -2.37. The standard InChI is InChI=1S/C23H17BrFNOS/c1-15-11-19(24)20(25)13-22(15)26-21-9-8-18(12-17(21)7-10-23(26)27)28-14-16-5-3-2-4-6-16/h2-13H,14H2,1H3. The van der Waals surface area contributed by atoms with E-state index in [1.54, 1.807) is 22.4 Å². The molecule has 140 valence electrons. The van der Waals surface area contributed by atoms with E-state index in [9.17, 15) is 9.18 Å². The van der Waals surface area contributed by atoms with Crippen LogP contribution >= 0.6 is 27.7 Å². The summed E-state index contributed by atoms with van der Waals surface area (Å²) in [5.41, 5.74) is 3.23. The lowest BCUT2D eigenvalue weighted by Crippen LogP contribution is -2.18. The minimum atomic E-state index is -0.389. The Morgan fingerprint density at radius 3 is 2.57 bits per heavy atom. The van der Waals surface area contributed by atoms with Crippen molar-refractivity contribution in [3.05, 3.63) is 105 Å². The Morgan fingerprint density at radius 1 is 1.00 bits per heavy atom. The van der Waals surface area contributed by atoms with Gasteiger partial charge in [-0.15, -0.1) is 11.8 Å². The van der Waals surface area contributed by atoms with E-state index < -0.39 is 0 Å². The smallest absolute Gasteiger partial charge is 0.255 e. The molecule has 5 heteroatoms. The van der Waals surface area contributed by atoms with Crippen LogP contribution in [0.25, 0.3) is 16.6 Å². The van der Waals surface area contributed by atoms with E-state index in [1.807, 2.05) is 43.3 Å². The van der Waals surface area contributed by atoms with Crippen LogP contribution in [0.4, 0.5) is 4.39 Å². The molecule has 0 aliphatic rings. The normalized spacial score (nSPS) is 11.1. The molecule has 0 saturated heterocycles. The van der Waals surface area contributed by atoms with E-state index in [4.69, 9.17) is 0 Å². The fourth-order valence-electron chi connectivity index (χ4n) is 3.18. The number of pyridine rings is 1. The van der Waals surface area contributed by atoms with Crippen molar-refractivity contribution in [1.29, 1.82) is 0 Å². The average Bonchev–Trinajstić information content (AvgIpc) is 2.70. The second-order valence-electron chi connectivity index (χ2n) is 6.55. The number of aromatic nitrogens is 1. The number of rotatable bonds is 4.